The first-order valence-corrected chi connectivity index (χ1v) is 6.38. The van der Waals surface area contributed by atoms with Crippen molar-refractivity contribution in [3.8, 4) is 0 Å². The topological polar surface area (TPSA) is 60.7 Å². The Morgan fingerprint density at radius 1 is 1.19 bits per heavy atom. The number of aliphatic hydroxyl groups excluding tert-OH is 2. The zero-order chi connectivity index (χ0) is 12.3. The summed E-state index contributed by atoms with van der Waals surface area (Å²) in [7, 11) is 0. The van der Waals surface area contributed by atoms with E-state index >= 15 is 0 Å². The quantitative estimate of drug-likeness (QED) is 0.684. The summed E-state index contributed by atoms with van der Waals surface area (Å²) < 4.78 is 0. The molecule has 3 atom stereocenters. The SMILES string of the molecule is CC1CCC(C(C)C)C(C(O)(CO)CO)C1. The Kier molecular flexibility index (Phi) is 4.77. The van der Waals surface area contributed by atoms with Crippen molar-refractivity contribution in [2.45, 2.75) is 45.6 Å². The number of aliphatic hydroxyl groups is 3. The third-order valence-electron chi connectivity index (χ3n) is 4.26. The molecule has 1 saturated carbocycles. The second-order valence-electron chi connectivity index (χ2n) is 5.85. The summed E-state index contributed by atoms with van der Waals surface area (Å²) >= 11 is 0. The third-order valence-corrected chi connectivity index (χ3v) is 4.26. The van der Waals surface area contributed by atoms with E-state index in [4.69, 9.17) is 0 Å². The highest BCUT2D eigenvalue weighted by Crippen LogP contribution is 2.43. The minimum absolute atomic E-state index is 0.0197. The van der Waals surface area contributed by atoms with Crippen LogP contribution >= 0.6 is 0 Å². The van der Waals surface area contributed by atoms with E-state index in [9.17, 15) is 15.3 Å². The molecule has 0 aromatic carbocycles. The van der Waals surface area contributed by atoms with Crippen LogP contribution in [0.15, 0.2) is 0 Å². The highest BCUT2D eigenvalue weighted by molar-refractivity contribution is 4.94. The maximum absolute atomic E-state index is 10.3. The summed E-state index contributed by atoms with van der Waals surface area (Å²) in [5, 5.41) is 28.9. The lowest BCUT2D eigenvalue weighted by Crippen LogP contribution is -2.51. The molecule has 0 aliphatic heterocycles. The van der Waals surface area contributed by atoms with Gasteiger partial charge < -0.3 is 15.3 Å². The van der Waals surface area contributed by atoms with Crippen molar-refractivity contribution in [2.75, 3.05) is 13.2 Å². The summed E-state index contributed by atoms with van der Waals surface area (Å²) in [6.07, 6.45) is 3.18. The van der Waals surface area contributed by atoms with Gasteiger partial charge in [-0.05, 0) is 36.5 Å². The minimum Gasteiger partial charge on any atom is -0.393 e. The fourth-order valence-electron chi connectivity index (χ4n) is 3.10. The van der Waals surface area contributed by atoms with Gasteiger partial charge in [0.25, 0.3) is 0 Å². The van der Waals surface area contributed by atoms with Crippen molar-refractivity contribution in [1.82, 2.24) is 0 Å². The van der Waals surface area contributed by atoms with Gasteiger partial charge in [0.1, 0.15) is 5.60 Å². The van der Waals surface area contributed by atoms with Crippen molar-refractivity contribution in [1.29, 1.82) is 0 Å². The fourth-order valence-corrected chi connectivity index (χ4v) is 3.10. The van der Waals surface area contributed by atoms with E-state index in [1.165, 1.54) is 6.42 Å². The lowest BCUT2D eigenvalue weighted by atomic mass is 9.64. The van der Waals surface area contributed by atoms with Gasteiger partial charge in [-0.25, -0.2) is 0 Å². The van der Waals surface area contributed by atoms with Gasteiger partial charge in [0.05, 0.1) is 13.2 Å². The predicted octanol–water partition coefficient (Wildman–Crippen LogP) is 1.41. The van der Waals surface area contributed by atoms with E-state index in [-0.39, 0.29) is 19.1 Å². The lowest BCUT2D eigenvalue weighted by Gasteiger charge is -2.45. The summed E-state index contributed by atoms with van der Waals surface area (Å²) in [5.41, 5.74) is -1.30. The molecule has 0 radical (unpaired) electrons. The van der Waals surface area contributed by atoms with Crippen molar-refractivity contribution < 1.29 is 15.3 Å². The van der Waals surface area contributed by atoms with Crippen LogP contribution in [0.5, 0.6) is 0 Å². The molecule has 16 heavy (non-hydrogen) atoms. The fraction of sp³-hybridized carbons (Fsp3) is 1.00. The van der Waals surface area contributed by atoms with E-state index in [0.717, 1.165) is 12.8 Å². The Labute approximate surface area is 98.5 Å². The van der Waals surface area contributed by atoms with Gasteiger partial charge >= 0.3 is 0 Å². The van der Waals surface area contributed by atoms with Crippen LogP contribution in [0.4, 0.5) is 0 Å². The van der Waals surface area contributed by atoms with Crippen molar-refractivity contribution in [2.24, 2.45) is 23.7 Å². The average Bonchev–Trinajstić information content (AvgIpc) is 2.27. The first-order chi connectivity index (χ1) is 7.44. The second-order valence-corrected chi connectivity index (χ2v) is 5.85. The van der Waals surface area contributed by atoms with Gasteiger partial charge in [0.2, 0.25) is 0 Å². The minimum atomic E-state index is -1.30. The van der Waals surface area contributed by atoms with Gasteiger partial charge in [0, 0.05) is 0 Å². The van der Waals surface area contributed by atoms with Gasteiger partial charge in [-0.3, -0.25) is 0 Å². The molecule has 0 bridgehead atoms. The number of hydrogen-bond donors (Lipinski definition) is 3. The summed E-state index contributed by atoms with van der Waals surface area (Å²) in [4.78, 5) is 0. The third kappa shape index (κ3) is 2.76. The van der Waals surface area contributed by atoms with Crippen LogP contribution in [0, 0.1) is 23.7 Å². The van der Waals surface area contributed by atoms with Gasteiger partial charge in [-0.2, -0.15) is 0 Å². The Bertz CT molecular complexity index is 211. The maximum Gasteiger partial charge on any atom is 0.114 e. The molecule has 1 aliphatic rings. The largest absolute Gasteiger partial charge is 0.393 e. The molecule has 3 heteroatoms. The Morgan fingerprint density at radius 2 is 1.75 bits per heavy atom. The lowest BCUT2D eigenvalue weighted by molar-refractivity contribution is -0.131. The highest BCUT2D eigenvalue weighted by Gasteiger charge is 2.44. The molecule has 0 spiro atoms. The Balaban J connectivity index is 2.85. The van der Waals surface area contributed by atoms with Crippen LogP contribution < -0.4 is 0 Å². The molecule has 96 valence electrons. The zero-order valence-corrected chi connectivity index (χ0v) is 10.7. The highest BCUT2D eigenvalue weighted by atomic mass is 16.4. The summed E-state index contributed by atoms with van der Waals surface area (Å²) in [6, 6.07) is 0. The van der Waals surface area contributed by atoms with Crippen LogP contribution in [0.3, 0.4) is 0 Å². The average molecular weight is 230 g/mol. The molecule has 3 nitrogen and oxygen atoms in total. The summed E-state index contributed by atoms with van der Waals surface area (Å²) in [5.74, 6) is 1.48. The molecule has 3 N–H and O–H groups in total. The van der Waals surface area contributed by atoms with Crippen molar-refractivity contribution in [3.05, 3.63) is 0 Å². The first-order valence-electron chi connectivity index (χ1n) is 6.38. The number of rotatable bonds is 4. The van der Waals surface area contributed by atoms with E-state index in [0.29, 0.717) is 17.8 Å². The van der Waals surface area contributed by atoms with Gasteiger partial charge in [0.15, 0.2) is 0 Å². The van der Waals surface area contributed by atoms with E-state index in [1.807, 2.05) is 0 Å². The van der Waals surface area contributed by atoms with E-state index in [2.05, 4.69) is 20.8 Å². The summed E-state index contributed by atoms with van der Waals surface area (Å²) in [6.45, 7) is 5.80. The molecule has 0 saturated heterocycles. The molecule has 0 heterocycles. The normalized spacial score (nSPS) is 32.1. The molecule has 0 amide bonds. The molecule has 0 aromatic rings. The maximum atomic E-state index is 10.3. The standard InChI is InChI=1S/C13H26O3/c1-9(2)11-5-4-10(3)6-12(11)13(16,7-14)8-15/h9-12,14-16H,4-8H2,1-3H3. The van der Waals surface area contributed by atoms with Crippen LogP contribution in [0.1, 0.15) is 40.0 Å². The van der Waals surface area contributed by atoms with Gasteiger partial charge in [-0.1, -0.05) is 27.2 Å². The number of hydrogen-bond acceptors (Lipinski definition) is 3. The monoisotopic (exact) mass is 230 g/mol. The molecule has 1 rings (SSSR count). The molecular formula is C13H26O3. The van der Waals surface area contributed by atoms with Crippen LogP contribution in [0.25, 0.3) is 0 Å². The van der Waals surface area contributed by atoms with Crippen LogP contribution in [-0.2, 0) is 0 Å². The smallest absolute Gasteiger partial charge is 0.114 e. The van der Waals surface area contributed by atoms with Gasteiger partial charge in [-0.15, -0.1) is 0 Å². The molecule has 1 fully saturated rings. The molecular weight excluding hydrogens is 204 g/mol. The van der Waals surface area contributed by atoms with Crippen molar-refractivity contribution >= 4 is 0 Å². The Hall–Kier alpha value is -0.120. The molecule has 0 aromatic heterocycles. The van der Waals surface area contributed by atoms with Crippen LogP contribution in [0.2, 0.25) is 0 Å². The van der Waals surface area contributed by atoms with E-state index < -0.39 is 5.60 Å². The molecule has 3 unspecified atom stereocenters. The van der Waals surface area contributed by atoms with E-state index in [1.54, 1.807) is 0 Å². The second kappa shape index (κ2) is 5.48. The zero-order valence-electron chi connectivity index (χ0n) is 10.7. The first kappa shape index (κ1) is 13.9. The van der Waals surface area contributed by atoms with Crippen molar-refractivity contribution in [3.63, 3.8) is 0 Å². The Morgan fingerprint density at radius 3 is 2.19 bits per heavy atom. The molecule has 1 aliphatic carbocycles. The van der Waals surface area contributed by atoms with Crippen LogP contribution in [-0.4, -0.2) is 34.1 Å². The predicted molar refractivity (Wildman–Crippen MR) is 64.0 cm³/mol.